The first-order valence-electron chi connectivity index (χ1n) is 10.6. The van der Waals surface area contributed by atoms with Crippen LogP contribution in [-0.2, 0) is 0 Å². The van der Waals surface area contributed by atoms with E-state index in [-0.39, 0.29) is 11.9 Å². The third-order valence-electron chi connectivity index (χ3n) is 6.03. The molecule has 2 heterocycles. The summed E-state index contributed by atoms with van der Waals surface area (Å²) in [5, 5.41) is 7.07. The fraction of sp³-hybridized carbons (Fsp3) is 0.360. The lowest BCUT2D eigenvalue weighted by molar-refractivity contribution is 0.0929. The number of aryl methyl sites for hydroxylation is 3. The van der Waals surface area contributed by atoms with E-state index in [1.54, 1.807) is 6.07 Å². The molecule has 0 radical (unpaired) electrons. The summed E-state index contributed by atoms with van der Waals surface area (Å²) < 4.78 is 5.45. The molecule has 1 aliphatic heterocycles. The van der Waals surface area contributed by atoms with Crippen LogP contribution in [0.2, 0.25) is 0 Å². The molecular formula is C25H29N3O2. The van der Waals surface area contributed by atoms with Crippen LogP contribution < -0.4 is 5.32 Å². The van der Waals surface area contributed by atoms with Crippen LogP contribution in [0.3, 0.4) is 0 Å². The molecule has 0 aliphatic carbocycles. The molecule has 1 saturated heterocycles. The van der Waals surface area contributed by atoms with Crippen LogP contribution in [0.5, 0.6) is 0 Å². The number of aromatic nitrogens is 1. The summed E-state index contributed by atoms with van der Waals surface area (Å²) in [6.07, 6.45) is 2.41. The van der Waals surface area contributed by atoms with E-state index >= 15 is 0 Å². The van der Waals surface area contributed by atoms with Gasteiger partial charge >= 0.3 is 0 Å². The Morgan fingerprint density at radius 1 is 1.03 bits per heavy atom. The van der Waals surface area contributed by atoms with E-state index in [0.717, 1.165) is 18.7 Å². The van der Waals surface area contributed by atoms with E-state index in [1.165, 1.54) is 35.1 Å². The van der Waals surface area contributed by atoms with Gasteiger partial charge in [-0.2, -0.15) is 0 Å². The van der Waals surface area contributed by atoms with Crippen molar-refractivity contribution in [1.29, 1.82) is 0 Å². The Morgan fingerprint density at radius 3 is 2.47 bits per heavy atom. The number of rotatable bonds is 6. The fourth-order valence-corrected chi connectivity index (χ4v) is 3.99. The van der Waals surface area contributed by atoms with E-state index in [0.29, 0.717) is 18.0 Å². The summed E-state index contributed by atoms with van der Waals surface area (Å²) in [7, 11) is 0. The number of hydrogen-bond donors (Lipinski definition) is 1. The lowest BCUT2D eigenvalue weighted by atomic mass is 10.0. The van der Waals surface area contributed by atoms with Crippen LogP contribution in [-0.4, -0.2) is 35.6 Å². The number of carbonyl (C=O) groups is 1. The molecule has 1 amide bonds. The van der Waals surface area contributed by atoms with Gasteiger partial charge in [0.25, 0.3) is 5.91 Å². The first-order valence-corrected chi connectivity index (χ1v) is 10.6. The highest BCUT2D eigenvalue weighted by molar-refractivity contribution is 5.93. The number of hydrogen-bond acceptors (Lipinski definition) is 4. The van der Waals surface area contributed by atoms with E-state index in [4.69, 9.17) is 4.52 Å². The number of nitrogens with zero attached hydrogens (tertiary/aromatic N) is 2. The molecule has 5 heteroatoms. The molecule has 1 N–H and O–H groups in total. The molecular weight excluding hydrogens is 374 g/mol. The Hall–Kier alpha value is -2.92. The Kier molecular flexibility index (Phi) is 6.00. The second-order valence-corrected chi connectivity index (χ2v) is 8.26. The summed E-state index contributed by atoms with van der Waals surface area (Å²) in [6.45, 7) is 8.90. The van der Waals surface area contributed by atoms with Gasteiger partial charge in [0.05, 0.1) is 6.04 Å². The molecule has 3 aromatic rings. The van der Waals surface area contributed by atoms with Crippen LogP contribution in [0.15, 0.2) is 53.1 Å². The molecule has 156 valence electrons. The molecule has 30 heavy (non-hydrogen) atoms. The maximum atomic E-state index is 12.8. The average molecular weight is 404 g/mol. The highest BCUT2D eigenvalue weighted by Crippen LogP contribution is 2.26. The Morgan fingerprint density at radius 2 is 1.77 bits per heavy atom. The minimum atomic E-state index is -0.204. The lowest BCUT2D eigenvalue weighted by Gasteiger charge is -2.28. The maximum absolute atomic E-state index is 12.8. The highest BCUT2D eigenvalue weighted by Gasteiger charge is 2.24. The molecule has 1 aromatic heterocycles. The van der Waals surface area contributed by atoms with E-state index in [9.17, 15) is 4.79 Å². The molecule has 0 unspecified atom stereocenters. The van der Waals surface area contributed by atoms with Gasteiger partial charge in [0.1, 0.15) is 0 Å². The van der Waals surface area contributed by atoms with E-state index in [1.807, 2.05) is 6.07 Å². The van der Waals surface area contributed by atoms with Crippen molar-refractivity contribution in [3.05, 3.63) is 76.5 Å². The second-order valence-electron chi connectivity index (χ2n) is 8.26. The van der Waals surface area contributed by atoms with Crippen LogP contribution in [0.1, 0.15) is 51.6 Å². The summed E-state index contributed by atoms with van der Waals surface area (Å²) in [6, 6.07) is 16.6. The molecule has 0 spiro atoms. The van der Waals surface area contributed by atoms with E-state index < -0.39 is 0 Å². The molecule has 4 rings (SSSR count). The summed E-state index contributed by atoms with van der Waals surface area (Å²) in [5.74, 6) is 0.406. The van der Waals surface area contributed by atoms with Gasteiger partial charge in [0, 0.05) is 18.2 Å². The lowest BCUT2D eigenvalue weighted by Crippen LogP contribution is -2.36. The predicted octanol–water partition coefficient (Wildman–Crippen LogP) is 4.83. The van der Waals surface area contributed by atoms with Crippen molar-refractivity contribution in [2.75, 3.05) is 19.6 Å². The standard InChI is InChI=1S/C25H29N3O2/c1-17-6-9-20(10-7-17)23(28-12-4-5-13-28)16-26-25(29)22-15-24(30-27-22)21-11-8-18(2)19(3)14-21/h6-11,14-15,23H,4-5,12-13,16H2,1-3H3,(H,26,29)/t23-/m1/s1. The van der Waals surface area contributed by atoms with Crippen molar-refractivity contribution in [3.63, 3.8) is 0 Å². The zero-order valence-corrected chi connectivity index (χ0v) is 17.9. The third kappa shape index (κ3) is 4.46. The second kappa shape index (κ2) is 8.84. The molecule has 2 aromatic carbocycles. The third-order valence-corrected chi connectivity index (χ3v) is 6.03. The first-order chi connectivity index (χ1) is 14.5. The quantitative estimate of drug-likeness (QED) is 0.640. The summed E-state index contributed by atoms with van der Waals surface area (Å²) in [4.78, 5) is 15.2. The van der Waals surface area contributed by atoms with Gasteiger partial charge in [0.15, 0.2) is 11.5 Å². The number of amides is 1. The first kappa shape index (κ1) is 20.4. The largest absolute Gasteiger partial charge is 0.355 e. The molecule has 5 nitrogen and oxygen atoms in total. The molecule has 1 aliphatic rings. The van der Waals surface area contributed by atoms with E-state index in [2.05, 4.69) is 72.5 Å². The zero-order valence-electron chi connectivity index (χ0n) is 17.9. The summed E-state index contributed by atoms with van der Waals surface area (Å²) in [5.41, 5.74) is 6.12. The number of benzene rings is 2. The molecule has 1 fully saturated rings. The van der Waals surface area contributed by atoms with Crippen LogP contribution in [0, 0.1) is 20.8 Å². The number of carbonyl (C=O) groups excluding carboxylic acids is 1. The smallest absolute Gasteiger partial charge is 0.273 e. The minimum Gasteiger partial charge on any atom is -0.355 e. The topological polar surface area (TPSA) is 58.4 Å². The van der Waals surface area contributed by atoms with Crippen molar-refractivity contribution in [3.8, 4) is 11.3 Å². The minimum absolute atomic E-state index is 0.170. The molecule has 1 atom stereocenters. The monoisotopic (exact) mass is 403 g/mol. The van der Waals surface area contributed by atoms with Crippen molar-refractivity contribution in [2.45, 2.75) is 39.7 Å². The van der Waals surface area contributed by atoms with Gasteiger partial charge in [-0.1, -0.05) is 47.1 Å². The van der Waals surface area contributed by atoms with Crippen molar-refractivity contribution < 1.29 is 9.32 Å². The molecule has 0 saturated carbocycles. The fourth-order valence-electron chi connectivity index (χ4n) is 3.99. The Labute approximate surface area is 178 Å². The van der Waals surface area contributed by atoms with Gasteiger partial charge < -0.3 is 9.84 Å². The number of nitrogens with one attached hydrogen (secondary N) is 1. The van der Waals surface area contributed by atoms with Crippen molar-refractivity contribution in [2.24, 2.45) is 0 Å². The normalized spacial score (nSPS) is 15.3. The average Bonchev–Trinajstić information content (AvgIpc) is 3.44. The highest BCUT2D eigenvalue weighted by atomic mass is 16.5. The van der Waals surface area contributed by atoms with Gasteiger partial charge in [0.2, 0.25) is 0 Å². The maximum Gasteiger partial charge on any atom is 0.273 e. The Balaban J connectivity index is 1.46. The van der Waals surface area contributed by atoms with Crippen LogP contribution in [0.4, 0.5) is 0 Å². The number of likely N-dealkylation sites (tertiary alicyclic amines) is 1. The Bertz CT molecular complexity index is 1020. The van der Waals surface area contributed by atoms with Crippen LogP contribution >= 0.6 is 0 Å². The SMILES string of the molecule is Cc1ccc([C@@H](CNC(=O)c2cc(-c3ccc(C)c(C)c3)on2)N2CCCC2)cc1. The zero-order chi connectivity index (χ0) is 21.1. The van der Waals surface area contributed by atoms with Crippen molar-refractivity contribution >= 4 is 5.91 Å². The van der Waals surface area contributed by atoms with Crippen LogP contribution in [0.25, 0.3) is 11.3 Å². The summed E-state index contributed by atoms with van der Waals surface area (Å²) >= 11 is 0. The predicted molar refractivity (Wildman–Crippen MR) is 118 cm³/mol. The van der Waals surface area contributed by atoms with Gasteiger partial charge in [-0.25, -0.2) is 0 Å². The van der Waals surface area contributed by atoms with Gasteiger partial charge in [-0.3, -0.25) is 9.69 Å². The van der Waals surface area contributed by atoms with Crippen molar-refractivity contribution in [1.82, 2.24) is 15.4 Å². The molecule has 0 bridgehead atoms. The van der Waals surface area contributed by atoms with Gasteiger partial charge in [-0.05, 0) is 69.5 Å². The van der Waals surface area contributed by atoms with Gasteiger partial charge in [-0.15, -0.1) is 0 Å².